The molecule has 0 unspecified atom stereocenters. The van der Waals surface area contributed by atoms with Gasteiger partial charge in [-0.15, -0.1) is 0 Å². The van der Waals surface area contributed by atoms with E-state index in [1.165, 1.54) is 6.33 Å². The van der Waals surface area contributed by atoms with Gasteiger partial charge in [0, 0.05) is 23.5 Å². The first-order valence-corrected chi connectivity index (χ1v) is 6.39. The third kappa shape index (κ3) is 2.11. The van der Waals surface area contributed by atoms with Crippen molar-refractivity contribution >= 4 is 29.1 Å². The molecule has 0 atom stereocenters. The maximum Gasteiger partial charge on any atom is 0.230 e. The van der Waals surface area contributed by atoms with Gasteiger partial charge in [0.05, 0.1) is 15.6 Å². The summed E-state index contributed by atoms with van der Waals surface area (Å²) in [5, 5.41) is 4.87. The second-order valence-electron chi connectivity index (χ2n) is 3.99. The van der Waals surface area contributed by atoms with E-state index in [0.717, 1.165) is 0 Å². The Labute approximate surface area is 124 Å². The van der Waals surface area contributed by atoms with E-state index >= 15 is 0 Å². The molecule has 0 saturated carbocycles. The van der Waals surface area contributed by atoms with Crippen molar-refractivity contribution in [3.8, 4) is 22.4 Å². The zero-order chi connectivity index (χ0) is 14.1. The van der Waals surface area contributed by atoms with Crippen LogP contribution in [0.25, 0.3) is 22.4 Å². The number of benzene rings is 1. The van der Waals surface area contributed by atoms with Gasteiger partial charge >= 0.3 is 0 Å². The number of nitrogens with two attached hydrogens (primary N) is 1. The molecule has 0 spiro atoms. The minimum Gasteiger partial charge on any atom is -0.367 e. The molecule has 0 amide bonds. The molecular formula is C13H8Cl2N4O. The van der Waals surface area contributed by atoms with E-state index in [-0.39, 0.29) is 5.88 Å². The number of aromatic nitrogens is 3. The van der Waals surface area contributed by atoms with Gasteiger partial charge < -0.3 is 10.3 Å². The molecule has 2 heterocycles. The number of rotatable bonds is 2. The summed E-state index contributed by atoms with van der Waals surface area (Å²) < 4.78 is 5.07. The molecule has 0 aliphatic carbocycles. The van der Waals surface area contributed by atoms with Crippen LogP contribution in [0, 0.1) is 0 Å². The van der Waals surface area contributed by atoms with E-state index in [0.29, 0.717) is 32.4 Å². The fourth-order valence-corrected chi connectivity index (χ4v) is 2.49. The van der Waals surface area contributed by atoms with Crippen LogP contribution in [-0.2, 0) is 0 Å². The quantitative estimate of drug-likeness (QED) is 0.781. The zero-order valence-corrected chi connectivity index (χ0v) is 11.6. The van der Waals surface area contributed by atoms with Crippen LogP contribution in [0.5, 0.6) is 0 Å². The van der Waals surface area contributed by atoms with E-state index < -0.39 is 0 Å². The van der Waals surface area contributed by atoms with Gasteiger partial charge in [0.25, 0.3) is 0 Å². The molecule has 3 aromatic rings. The maximum atomic E-state index is 6.21. The number of hydrogen-bond acceptors (Lipinski definition) is 5. The minimum atomic E-state index is 0.138. The summed E-state index contributed by atoms with van der Waals surface area (Å²) in [7, 11) is 0. The topological polar surface area (TPSA) is 77.8 Å². The van der Waals surface area contributed by atoms with E-state index in [4.69, 9.17) is 33.5 Å². The molecule has 20 heavy (non-hydrogen) atoms. The van der Waals surface area contributed by atoms with Crippen LogP contribution in [-0.4, -0.2) is 15.1 Å². The lowest BCUT2D eigenvalue weighted by atomic mass is 10.0. The highest BCUT2D eigenvalue weighted by Crippen LogP contribution is 2.42. The highest BCUT2D eigenvalue weighted by molar-refractivity contribution is 6.39. The van der Waals surface area contributed by atoms with Gasteiger partial charge in [0.1, 0.15) is 12.0 Å². The molecular weight excluding hydrogens is 299 g/mol. The van der Waals surface area contributed by atoms with Crippen LogP contribution in [0.1, 0.15) is 0 Å². The van der Waals surface area contributed by atoms with Gasteiger partial charge in [-0.25, -0.2) is 9.97 Å². The standard InChI is InChI=1S/C13H8Cl2N4O/c14-8-2-1-3-9(15)10(8)11-12(19-20-13(11)16)7-4-17-6-18-5-7/h1-6H,16H2. The largest absolute Gasteiger partial charge is 0.367 e. The fourth-order valence-electron chi connectivity index (χ4n) is 1.90. The molecule has 5 nitrogen and oxygen atoms in total. The monoisotopic (exact) mass is 306 g/mol. The van der Waals surface area contributed by atoms with Crippen LogP contribution in [0.4, 0.5) is 5.88 Å². The van der Waals surface area contributed by atoms with E-state index in [1.54, 1.807) is 30.6 Å². The predicted octanol–water partition coefficient (Wildman–Crippen LogP) is 3.69. The summed E-state index contributed by atoms with van der Waals surface area (Å²) in [5.74, 6) is 0.138. The molecule has 100 valence electrons. The van der Waals surface area contributed by atoms with Crippen LogP contribution in [0.15, 0.2) is 41.4 Å². The molecule has 0 saturated heterocycles. The minimum absolute atomic E-state index is 0.138. The molecule has 0 aliphatic heterocycles. The van der Waals surface area contributed by atoms with Crippen molar-refractivity contribution in [2.75, 3.05) is 5.73 Å². The SMILES string of the molecule is Nc1onc(-c2cncnc2)c1-c1c(Cl)cccc1Cl. The van der Waals surface area contributed by atoms with E-state index in [2.05, 4.69) is 15.1 Å². The van der Waals surface area contributed by atoms with Crippen molar-refractivity contribution in [1.82, 2.24) is 15.1 Å². The Morgan fingerprint density at radius 1 is 1.00 bits per heavy atom. The first-order chi connectivity index (χ1) is 9.68. The third-order valence-corrected chi connectivity index (χ3v) is 3.40. The van der Waals surface area contributed by atoms with Gasteiger partial charge in [-0.1, -0.05) is 34.4 Å². The molecule has 1 aromatic carbocycles. The number of halogens is 2. The van der Waals surface area contributed by atoms with Crippen molar-refractivity contribution in [3.05, 3.63) is 47.0 Å². The molecule has 0 bridgehead atoms. The number of nitrogens with zero attached hydrogens (tertiary/aromatic N) is 3. The van der Waals surface area contributed by atoms with Crippen molar-refractivity contribution in [1.29, 1.82) is 0 Å². The zero-order valence-electron chi connectivity index (χ0n) is 10.0. The molecule has 2 N–H and O–H groups in total. The molecule has 2 aromatic heterocycles. The van der Waals surface area contributed by atoms with Crippen molar-refractivity contribution in [3.63, 3.8) is 0 Å². The Kier molecular flexibility index (Phi) is 3.30. The summed E-state index contributed by atoms with van der Waals surface area (Å²) in [4.78, 5) is 7.90. The van der Waals surface area contributed by atoms with Crippen LogP contribution < -0.4 is 5.73 Å². The smallest absolute Gasteiger partial charge is 0.230 e. The number of anilines is 1. The number of hydrogen-bond donors (Lipinski definition) is 1. The molecule has 3 rings (SSSR count). The number of nitrogen functional groups attached to an aromatic ring is 1. The second kappa shape index (κ2) is 5.11. The lowest BCUT2D eigenvalue weighted by Gasteiger charge is -2.07. The lowest BCUT2D eigenvalue weighted by molar-refractivity contribution is 0.439. The molecule has 0 aliphatic rings. The van der Waals surface area contributed by atoms with Gasteiger partial charge in [-0.2, -0.15) is 0 Å². The first kappa shape index (κ1) is 12.9. The Balaban J connectivity index is 2.28. The molecule has 7 heteroatoms. The maximum absolute atomic E-state index is 6.21. The van der Waals surface area contributed by atoms with Crippen molar-refractivity contribution in [2.24, 2.45) is 0 Å². The highest BCUT2D eigenvalue weighted by atomic mass is 35.5. The van der Waals surface area contributed by atoms with Crippen LogP contribution >= 0.6 is 23.2 Å². The molecule has 0 radical (unpaired) electrons. The summed E-state index contributed by atoms with van der Waals surface area (Å²) >= 11 is 12.4. The normalized spacial score (nSPS) is 10.7. The first-order valence-electron chi connectivity index (χ1n) is 5.63. The lowest BCUT2D eigenvalue weighted by Crippen LogP contribution is -1.90. The Hall–Kier alpha value is -2.11. The Morgan fingerprint density at radius 2 is 1.65 bits per heavy atom. The average molecular weight is 307 g/mol. The third-order valence-electron chi connectivity index (χ3n) is 2.77. The van der Waals surface area contributed by atoms with Crippen molar-refractivity contribution < 1.29 is 4.52 Å². The summed E-state index contributed by atoms with van der Waals surface area (Å²) in [6, 6.07) is 5.20. The summed E-state index contributed by atoms with van der Waals surface area (Å²) in [6.45, 7) is 0. The highest BCUT2D eigenvalue weighted by Gasteiger charge is 2.22. The summed E-state index contributed by atoms with van der Waals surface area (Å²) in [5.41, 5.74) is 8.14. The van der Waals surface area contributed by atoms with Crippen molar-refractivity contribution in [2.45, 2.75) is 0 Å². The van der Waals surface area contributed by atoms with E-state index in [9.17, 15) is 0 Å². The second-order valence-corrected chi connectivity index (χ2v) is 4.81. The Bertz CT molecular complexity index is 738. The summed E-state index contributed by atoms with van der Waals surface area (Å²) in [6.07, 6.45) is 4.65. The van der Waals surface area contributed by atoms with Gasteiger partial charge in [-0.05, 0) is 12.1 Å². The van der Waals surface area contributed by atoms with Gasteiger partial charge in [-0.3, -0.25) is 0 Å². The Morgan fingerprint density at radius 3 is 2.30 bits per heavy atom. The van der Waals surface area contributed by atoms with Gasteiger partial charge in [0.2, 0.25) is 5.88 Å². The van der Waals surface area contributed by atoms with Crippen LogP contribution in [0.3, 0.4) is 0 Å². The predicted molar refractivity (Wildman–Crippen MR) is 77.4 cm³/mol. The fraction of sp³-hybridized carbons (Fsp3) is 0. The van der Waals surface area contributed by atoms with E-state index in [1.807, 2.05) is 0 Å². The molecule has 0 fully saturated rings. The van der Waals surface area contributed by atoms with Gasteiger partial charge in [0.15, 0.2) is 0 Å². The average Bonchev–Trinajstić information content (AvgIpc) is 2.82. The van der Waals surface area contributed by atoms with Crippen LogP contribution in [0.2, 0.25) is 10.0 Å².